The second-order valence-electron chi connectivity index (χ2n) is 4.68. The summed E-state index contributed by atoms with van der Waals surface area (Å²) in [5.41, 5.74) is 0.790. The molecule has 98 valence electrons. The van der Waals surface area contributed by atoms with Crippen LogP contribution in [0.5, 0.6) is 0 Å². The Labute approximate surface area is 116 Å². The maximum atomic E-state index is 12.1. The summed E-state index contributed by atoms with van der Waals surface area (Å²) >= 11 is 6.06. The minimum absolute atomic E-state index is 0.0487. The molecule has 3 rings (SSSR count). The van der Waals surface area contributed by atoms with Crippen LogP contribution in [0.25, 0.3) is 10.8 Å². The molecular weight excluding hydrogens is 262 g/mol. The molecule has 1 aliphatic rings. The highest BCUT2D eigenvalue weighted by atomic mass is 35.5. The summed E-state index contributed by atoms with van der Waals surface area (Å²) < 4.78 is 0. The van der Waals surface area contributed by atoms with E-state index in [1.165, 1.54) is 0 Å². The third-order valence-corrected chi connectivity index (χ3v) is 3.75. The number of pyridine rings is 1. The molecule has 1 saturated heterocycles. The predicted octanol–water partition coefficient (Wildman–Crippen LogP) is 2.44. The van der Waals surface area contributed by atoms with Crippen molar-refractivity contribution in [1.82, 2.24) is 10.3 Å². The van der Waals surface area contributed by atoms with Crippen molar-refractivity contribution < 1.29 is 4.79 Å². The van der Waals surface area contributed by atoms with Gasteiger partial charge in [-0.3, -0.25) is 4.79 Å². The van der Waals surface area contributed by atoms with Gasteiger partial charge in [-0.05, 0) is 25.1 Å². The Morgan fingerprint density at radius 1 is 1.37 bits per heavy atom. The Balaban J connectivity index is 1.92. The molecule has 1 aliphatic heterocycles. The Morgan fingerprint density at radius 2 is 2.26 bits per heavy atom. The lowest BCUT2D eigenvalue weighted by atomic mass is 10.1. The van der Waals surface area contributed by atoms with Crippen LogP contribution in [0.2, 0.25) is 5.15 Å². The summed E-state index contributed by atoms with van der Waals surface area (Å²) in [5.74, 6) is 0.109. The van der Waals surface area contributed by atoms with Crippen LogP contribution in [0.1, 0.15) is 6.42 Å². The van der Waals surface area contributed by atoms with Crippen molar-refractivity contribution in [2.45, 2.75) is 6.42 Å². The second kappa shape index (κ2) is 5.15. The largest absolute Gasteiger partial charge is 0.325 e. The van der Waals surface area contributed by atoms with Crippen molar-refractivity contribution in [1.29, 1.82) is 0 Å². The second-order valence-corrected chi connectivity index (χ2v) is 5.04. The summed E-state index contributed by atoms with van der Waals surface area (Å²) in [5, 5.41) is 8.41. The van der Waals surface area contributed by atoms with Gasteiger partial charge in [0.2, 0.25) is 5.91 Å². The monoisotopic (exact) mass is 275 g/mol. The van der Waals surface area contributed by atoms with Crippen molar-refractivity contribution in [3.8, 4) is 0 Å². The van der Waals surface area contributed by atoms with Crippen molar-refractivity contribution in [2.75, 3.05) is 18.4 Å². The molecule has 1 fully saturated rings. The number of benzene rings is 1. The molecule has 1 aromatic carbocycles. The molecule has 2 N–H and O–H groups in total. The summed E-state index contributed by atoms with van der Waals surface area (Å²) in [7, 11) is 0. The third kappa shape index (κ3) is 2.41. The molecule has 0 radical (unpaired) electrons. The van der Waals surface area contributed by atoms with Crippen LogP contribution in [0.4, 0.5) is 5.69 Å². The molecule has 2 heterocycles. The SMILES string of the molecule is O=C(Nc1cccc2c(Cl)nccc12)[C@@H]1CCNC1. The van der Waals surface area contributed by atoms with Gasteiger partial charge in [0.1, 0.15) is 5.15 Å². The molecule has 1 aromatic heterocycles. The fourth-order valence-electron chi connectivity index (χ4n) is 2.39. The van der Waals surface area contributed by atoms with Gasteiger partial charge in [-0.2, -0.15) is 0 Å². The van der Waals surface area contributed by atoms with Crippen LogP contribution >= 0.6 is 11.6 Å². The first kappa shape index (κ1) is 12.4. The van der Waals surface area contributed by atoms with E-state index < -0.39 is 0 Å². The predicted molar refractivity (Wildman–Crippen MR) is 76.4 cm³/mol. The first-order valence-electron chi connectivity index (χ1n) is 6.30. The van der Waals surface area contributed by atoms with Gasteiger partial charge in [0, 0.05) is 29.2 Å². The first-order valence-corrected chi connectivity index (χ1v) is 6.68. The van der Waals surface area contributed by atoms with E-state index in [-0.39, 0.29) is 11.8 Å². The summed E-state index contributed by atoms with van der Waals surface area (Å²) in [6.07, 6.45) is 2.54. The van der Waals surface area contributed by atoms with E-state index in [2.05, 4.69) is 15.6 Å². The number of nitrogens with zero attached hydrogens (tertiary/aromatic N) is 1. The van der Waals surface area contributed by atoms with E-state index in [1.807, 2.05) is 24.3 Å². The maximum Gasteiger partial charge on any atom is 0.228 e. The molecule has 0 aliphatic carbocycles. The molecule has 0 saturated carbocycles. The molecule has 2 aromatic rings. The van der Waals surface area contributed by atoms with E-state index in [9.17, 15) is 4.79 Å². The number of fused-ring (bicyclic) bond motifs is 1. The molecule has 0 unspecified atom stereocenters. The van der Waals surface area contributed by atoms with Gasteiger partial charge >= 0.3 is 0 Å². The van der Waals surface area contributed by atoms with Gasteiger partial charge in [0.05, 0.1) is 5.92 Å². The number of halogens is 1. The smallest absolute Gasteiger partial charge is 0.228 e. The van der Waals surface area contributed by atoms with Crippen molar-refractivity contribution in [2.24, 2.45) is 5.92 Å². The number of amides is 1. The molecule has 0 bridgehead atoms. The highest BCUT2D eigenvalue weighted by Crippen LogP contribution is 2.27. The Morgan fingerprint density at radius 3 is 3.05 bits per heavy atom. The van der Waals surface area contributed by atoms with Crippen molar-refractivity contribution in [3.05, 3.63) is 35.6 Å². The summed E-state index contributed by atoms with van der Waals surface area (Å²) in [6.45, 7) is 1.66. The quantitative estimate of drug-likeness (QED) is 0.828. The first-order chi connectivity index (χ1) is 9.25. The van der Waals surface area contributed by atoms with Gasteiger partial charge in [0.25, 0.3) is 0 Å². The van der Waals surface area contributed by atoms with Crippen LogP contribution in [0.15, 0.2) is 30.5 Å². The van der Waals surface area contributed by atoms with Crippen LogP contribution < -0.4 is 10.6 Å². The lowest BCUT2D eigenvalue weighted by Gasteiger charge is -2.12. The minimum atomic E-state index is 0.0487. The molecule has 4 nitrogen and oxygen atoms in total. The van der Waals surface area contributed by atoms with E-state index in [0.29, 0.717) is 5.15 Å². The van der Waals surface area contributed by atoms with Crippen molar-refractivity contribution in [3.63, 3.8) is 0 Å². The number of nitrogens with one attached hydrogen (secondary N) is 2. The third-order valence-electron chi connectivity index (χ3n) is 3.45. The van der Waals surface area contributed by atoms with E-state index >= 15 is 0 Å². The number of carbonyl (C=O) groups excluding carboxylic acids is 1. The molecule has 5 heteroatoms. The lowest BCUT2D eigenvalue weighted by molar-refractivity contribution is -0.119. The molecule has 19 heavy (non-hydrogen) atoms. The number of rotatable bonds is 2. The number of anilines is 1. The Bertz CT molecular complexity index is 623. The van der Waals surface area contributed by atoms with Crippen LogP contribution in [0, 0.1) is 5.92 Å². The number of aromatic nitrogens is 1. The number of hydrogen-bond acceptors (Lipinski definition) is 3. The van der Waals surface area contributed by atoms with Crippen molar-refractivity contribution >= 4 is 34.0 Å². The lowest BCUT2D eigenvalue weighted by Crippen LogP contribution is -2.24. The zero-order valence-electron chi connectivity index (χ0n) is 10.3. The average molecular weight is 276 g/mol. The van der Waals surface area contributed by atoms with E-state index in [4.69, 9.17) is 11.6 Å². The van der Waals surface area contributed by atoms with Crippen LogP contribution in [-0.2, 0) is 4.79 Å². The summed E-state index contributed by atoms with van der Waals surface area (Å²) in [6, 6.07) is 7.53. The number of carbonyl (C=O) groups is 1. The highest BCUT2D eigenvalue weighted by Gasteiger charge is 2.22. The van der Waals surface area contributed by atoms with Crippen LogP contribution in [-0.4, -0.2) is 24.0 Å². The normalized spacial score (nSPS) is 18.7. The van der Waals surface area contributed by atoms with Gasteiger partial charge < -0.3 is 10.6 Å². The topological polar surface area (TPSA) is 54.0 Å². The van der Waals surface area contributed by atoms with Gasteiger partial charge in [0.15, 0.2) is 0 Å². The zero-order chi connectivity index (χ0) is 13.2. The van der Waals surface area contributed by atoms with E-state index in [0.717, 1.165) is 36.0 Å². The van der Waals surface area contributed by atoms with E-state index in [1.54, 1.807) is 6.20 Å². The average Bonchev–Trinajstić information content (AvgIpc) is 2.94. The summed E-state index contributed by atoms with van der Waals surface area (Å²) in [4.78, 5) is 16.2. The molecule has 1 atom stereocenters. The zero-order valence-corrected chi connectivity index (χ0v) is 11.1. The fraction of sp³-hybridized carbons (Fsp3) is 0.286. The molecule has 0 spiro atoms. The molecule has 1 amide bonds. The Hall–Kier alpha value is -1.65. The van der Waals surface area contributed by atoms with Crippen LogP contribution in [0.3, 0.4) is 0 Å². The highest BCUT2D eigenvalue weighted by molar-refractivity contribution is 6.34. The minimum Gasteiger partial charge on any atom is -0.325 e. The van der Waals surface area contributed by atoms with Gasteiger partial charge in [-0.1, -0.05) is 23.7 Å². The maximum absolute atomic E-state index is 12.1. The molecular formula is C14H14ClN3O. The Kier molecular flexibility index (Phi) is 3.36. The van der Waals surface area contributed by atoms with Gasteiger partial charge in [-0.25, -0.2) is 4.98 Å². The standard InChI is InChI=1S/C14H14ClN3O/c15-13-11-2-1-3-12(10(11)5-7-17-13)18-14(19)9-4-6-16-8-9/h1-3,5,7,9,16H,4,6,8H2,(H,18,19)/t9-/m1/s1. The number of hydrogen-bond donors (Lipinski definition) is 2. The van der Waals surface area contributed by atoms with Gasteiger partial charge in [-0.15, -0.1) is 0 Å². The fourth-order valence-corrected chi connectivity index (χ4v) is 2.61.